The Morgan fingerprint density at radius 3 is 2.75 bits per heavy atom. The second-order valence-corrected chi connectivity index (χ2v) is 5.79. The number of hydrogen-bond donors (Lipinski definition) is 2. The maximum absolute atomic E-state index is 11.0. The number of rotatable bonds is 8. The lowest BCUT2D eigenvalue weighted by atomic mass is 9.96. The molecule has 0 aromatic heterocycles. The first-order valence-corrected chi connectivity index (χ1v) is 7.87. The van der Waals surface area contributed by atoms with Crippen molar-refractivity contribution in [3.05, 3.63) is 63.2 Å². The Hall–Kier alpha value is -2.44. The molecule has 3 N–H and O–H groups in total. The highest BCUT2D eigenvalue weighted by molar-refractivity contribution is 6.30. The number of carbonyl (C=O) groups is 1. The Bertz CT molecular complexity index is 750. The van der Waals surface area contributed by atoms with Crippen molar-refractivity contribution in [2.24, 2.45) is 5.73 Å². The lowest BCUT2D eigenvalue weighted by Crippen LogP contribution is -2.29. The van der Waals surface area contributed by atoms with Crippen LogP contribution in [-0.2, 0) is 11.2 Å². The Balaban J connectivity index is 2.17. The molecule has 0 fully saturated rings. The number of amides is 1. The molecule has 2 rings (SSSR count). The third-order valence-corrected chi connectivity index (χ3v) is 3.77. The normalized spacial score (nSPS) is 10.5. The Morgan fingerprint density at radius 2 is 2.04 bits per heavy atom. The molecule has 0 aliphatic heterocycles. The number of benzene rings is 2. The third kappa shape index (κ3) is 5.04. The van der Waals surface area contributed by atoms with E-state index in [1.807, 2.05) is 18.2 Å². The van der Waals surface area contributed by atoms with Gasteiger partial charge in [-0.1, -0.05) is 29.8 Å². The molecule has 0 saturated carbocycles. The molecule has 0 spiro atoms. The number of aryl methyl sites for hydroxylation is 1. The van der Waals surface area contributed by atoms with Gasteiger partial charge in [-0.3, -0.25) is 14.9 Å². The standard InChI is InChI=1S/C17H18ClN3O3/c18-14-7-6-12(4-2-8-20-11-17(19)22)16(10-14)13-3-1-5-15(9-13)21(23)24/h1,3,5-7,9-10,20H,2,4,8,11H2,(H2,19,22). The molecular weight excluding hydrogens is 330 g/mol. The van der Waals surface area contributed by atoms with Gasteiger partial charge in [-0.25, -0.2) is 0 Å². The van der Waals surface area contributed by atoms with Gasteiger partial charge in [-0.2, -0.15) is 0 Å². The minimum atomic E-state index is -0.415. The van der Waals surface area contributed by atoms with E-state index >= 15 is 0 Å². The molecule has 126 valence electrons. The van der Waals surface area contributed by atoms with E-state index in [0.717, 1.165) is 29.5 Å². The van der Waals surface area contributed by atoms with Crippen molar-refractivity contribution >= 4 is 23.2 Å². The molecule has 0 aliphatic carbocycles. The molecule has 0 heterocycles. The Labute approximate surface area is 144 Å². The van der Waals surface area contributed by atoms with Gasteiger partial charge in [0.15, 0.2) is 0 Å². The smallest absolute Gasteiger partial charge is 0.270 e. The molecule has 0 radical (unpaired) electrons. The molecule has 0 bridgehead atoms. The molecule has 1 amide bonds. The first-order valence-electron chi connectivity index (χ1n) is 7.49. The predicted octanol–water partition coefficient (Wildman–Crippen LogP) is 2.92. The summed E-state index contributed by atoms with van der Waals surface area (Å²) >= 11 is 6.09. The lowest BCUT2D eigenvalue weighted by Gasteiger charge is -2.11. The third-order valence-electron chi connectivity index (χ3n) is 3.54. The molecule has 0 unspecified atom stereocenters. The van der Waals surface area contributed by atoms with Crippen LogP contribution in [0, 0.1) is 10.1 Å². The van der Waals surface area contributed by atoms with E-state index in [0.29, 0.717) is 11.6 Å². The number of hydrogen-bond acceptors (Lipinski definition) is 4. The molecule has 24 heavy (non-hydrogen) atoms. The molecule has 0 saturated heterocycles. The number of nitrogens with two attached hydrogens (primary N) is 1. The molecule has 7 heteroatoms. The molecule has 6 nitrogen and oxygen atoms in total. The summed E-state index contributed by atoms with van der Waals surface area (Å²) in [6.45, 7) is 0.804. The van der Waals surface area contributed by atoms with E-state index in [9.17, 15) is 14.9 Å². The zero-order chi connectivity index (χ0) is 17.5. The van der Waals surface area contributed by atoms with Crippen LogP contribution in [0.25, 0.3) is 11.1 Å². The fourth-order valence-corrected chi connectivity index (χ4v) is 2.61. The van der Waals surface area contributed by atoms with E-state index in [-0.39, 0.29) is 12.2 Å². The Kier molecular flexibility index (Phi) is 6.28. The number of nitrogens with one attached hydrogen (secondary N) is 1. The number of carbonyl (C=O) groups excluding carboxylic acids is 1. The number of nitro benzene ring substituents is 1. The van der Waals surface area contributed by atoms with E-state index < -0.39 is 10.8 Å². The molecule has 2 aromatic carbocycles. The first kappa shape index (κ1) is 17.9. The van der Waals surface area contributed by atoms with Crippen LogP contribution in [0.1, 0.15) is 12.0 Å². The fraction of sp³-hybridized carbons (Fsp3) is 0.235. The summed E-state index contributed by atoms with van der Waals surface area (Å²) in [6.07, 6.45) is 1.55. The van der Waals surface area contributed by atoms with Crippen LogP contribution in [0.5, 0.6) is 0 Å². The van der Waals surface area contributed by atoms with Gasteiger partial charge >= 0.3 is 0 Å². The van der Waals surface area contributed by atoms with Crippen molar-refractivity contribution in [3.63, 3.8) is 0 Å². The summed E-state index contributed by atoms with van der Waals surface area (Å²) in [6, 6.07) is 12.0. The number of nitrogens with zero attached hydrogens (tertiary/aromatic N) is 1. The van der Waals surface area contributed by atoms with Crippen LogP contribution in [-0.4, -0.2) is 23.9 Å². The van der Waals surface area contributed by atoms with Crippen LogP contribution in [0.15, 0.2) is 42.5 Å². The zero-order valence-corrected chi connectivity index (χ0v) is 13.8. The largest absolute Gasteiger partial charge is 0.369 e. The van der Waals surface area contributed by atoms with Gasteiger partial charge in [-0.05, 0) is 48.2 Å². The predicted molar refractivity (Wildman–Crippen MR) is 93.9 cm³/mol. The van der Waals surface area contributed by atoms with Crippen LogP contribution in [0.4, 0.5) is 5.69 Å². The minimum absolute atomic E-state index is 0.0431. The van der Waals surface area contributed by atoms with E-state index in [4.69, 9.17) is 17.3 Å². The maximum Gasteiger partial charge on any atom is 0.270 e. The average molecular weight is 348 g/mol. The van der Waals surface area contributed by atoms with Gasteiger partial charge in [0.2, 0.25) is 5.91 Å². The molecule has 0 atom stereocenters. The van der Waals surface area contributed by atoms with E-state index in [1.165, 1.54) is 6.07 Å². The van der Waals surface area contributed by atoms with Crippen LogP contribution >= 0.6 is 11.6 Å². The van der Waals surface area contributed by atoms with Crippen molar-refractivity contribution in [1.29, 1.82) is 0 Å². The SMILES string of the molecule is NC(=O)CNCCCc1ccc(Cl)cc1-c1cccc([N+](=O)[O-])c1. The Morgan fingerprint density at radius 1 is 1.25 bits per heavy atom. The first-order chi connectivity index (χ1) is 11.5. The fourth-order valence-electron chi connectivity index (χ4n) is 2.44. The second kappa shape index (κ2) is 8.42. The lowest BCUT2D eigenvalue weighted by molar-refractivity contribution is -0.384. The van der Waals surface area contributed by atoms with Crippen molar-refractivity contribution < 1.29 is 9.72 Å². The monoisotopic (exact) mass is 347 g/mol. The van der Waals surface area contributed by atoms with Crippen LogP contribution in [0.3, 0.4) is 0 Å². The molecular formula is C17H18ClN3O3. The number of halogens is 1. The summed E-state index contributed by atoms with van der Waals surface area (Å²) < 4.78 is 0. The summed E-state index contributed by atoms with van der Waals surface area (Å²) in [5.41, 5.74) is 7.79. The summed E-state index contributed by atoms with van der Waals surface area (Å²) in [4.78, 5) is 21.2. The summed E-state index contributed by atoms with van der Waals surface area (Å²) in [7, 11) is 0. The minimum Gasteiger partial charge on any atom is -0.369 e. The summed E-state index contributed by atoms with van der Waals surface area (Å²) in [5, 5.41) is 14.5. The van der Waals surface area contributed by atoms with Gasteiger partial charge in [0.05, 0.1) is 11.5 Å². The van der Waals surface area contributed by atoms with Crippen LogP contribution in [0.2, 0.25) is 5.02 Å². The van der Waals surface area contributed by atoms with Gasteiger partial charge in [0.1, 0.15) is 0 Å². The highest BCUT2D eigenvalue weighted by Gasteiger charge is 2.11. The maximum atomic E-state index is 11.0. The van der Waals surface area contributed by atoms with Crippen molar-refractivity contribution in [2.45, 2.75) is 12.8 Å². The number of non-ortho nitro benzene ring substituents is 1. The van der Waals surface area contributed by atoms with Gasteiger partial charge in [0, 0.05) is 17.2 Å². The second-order valence-electron chi connectivity index (χ2n) is 5.36. The van der Waals surface area contributed by atoms with Crippen LogP contribution < -0.4 is 11.1 Å². The van der Waals surface area contributed by atoms with E-state index in [2.05, 4.69) is 5.32 Å². The number of nitro groups is 1. The van der Waals surface area contributed by atoms with Crippen molar-refractivity contribution in [2.75, 3.05) is 13.1 Å². The van der Waals surface area contributed by atoms with Gasteiger partial charge < -0.3 is 11.1 Å². The highest BCUT2D eigenvalue weighted by Crippen LogP contribution is 2.30. The molecule has 0 aliphatic rings. The molecule has 2 aromatic rings. The van der Waals surface area contributed by atoms with Crippen molar-refractivity contribution in [1.82, 2.24) is 5.32 Å². The van der Waals surface area contributed by atoms with Gasteiger partial charge in [0.25, 0.3) is 5.69 Å². The number of primary amides is 1. The van der Waals surface area contributed by atoms with Gasteiger partial charge in [-0.15, -0.1) is 0 Å². The topological polar surface area (TPSA) is 98.3 Å². The zero-order valence-electron chi connectivity index (χ0n) is 13.0. The summed E-state index contributed by atoms with van der Waals surface area (Å²) in [5.74, 6) is -0.390. The quantitative estimate of drug-likeness (QED) is 0.435. The highest BCUT2D eigenvalue weighted by atomic mass is 35.5. The average Bonchev–Trinajstić information content (AvgIpc) is 2.55. The van der Waals surface area contributed by atoms with Crippen molar-refractivity contribution in [3.8, 4) is 11.1 Å². The van der Waals surface area contributed by atoms with E-state index in [1.54, 1.807) is 18.2 Å².